The maximum absolute atomic E-state index is 14.0. The van der Waals surface area contributed by atoms with E-state index in [0.29, 0.717) is 23.4 Å². The van der Waals surface area contributed by atoms with Gasteiger partial charge in [-0.05, 0) is 36.2 Å². The van der Waals surface area contributed by atoms with Crippen LogP contribution in [0.15, 0.2) is 12.1 Å². The van der Waals surface area contributed by atoms with Crippen LogP contribution in [0.4, 0.5) is 8.78 Å². The third-order valence-electron chi connectivity index (χ3n) is 3.39. The zero-order valence-electron chi connectivity index (χ0n) is 11.8. The lowest BCUT2D eigenvalue weighted by Crippen LogP contribution is -2.22. The zero-order chi connectivity index (χ0) is 14.9. The molecule has 0 amide bonds. The summed E-state index contributed by atoms with van der Waals surface area (Å²) in [5.41, 5.74) is 0.569. The highest BCUT2D eigenvalue weighted by Crippen LogP contribution is 2.27. The molecule has 0 radical (unpaired) electrons. The first kappa shape index (κ1) is 15.1. The highest BCUT2D eigenvalue weighted by atomic mass is 32.1. The third-order valence-corrected chi connectivity index (χ3v) is 3.72. The van der Waals surface area contributed by atoms with E-state index in [9.17, 15) is 8.78 Å². The van der Waals surface area contributed by atoms with E-state index in [-0.39, 0.29) is 10.9 Å². The Morgan fingerprint density at radius 2 is 2.05 bits per heavy atom. The Morgan fingerprint density at radius 1 is 1.35 bits per heavy atom. The average Bonchev–Trinajstić information content (AvgIpc) is 2.69. The lowest BCUT2D eigenvalue weighted by Gasteiger charge is -2.25. The summed E-state index contributed by atoms with van der Waals surface area (Å²) in [4.78, 5) is 2.91. The van der Waals surface area contributed by atoms with E-state index in [2.05, 4.69) is 4.98 Å². The van der Waals surface area contributed by atoms with Crippen LogP contribution < -0.4 is 0 Å². The molecule has 0 atom stereocenters. The average molecular weight is 300 g/mol. The van der Waals surface area contributed by atoms with Gasteiger partial charge >= 0.3 is 0 Å². The monoisotopic (exact) mass is 300 g/mol. The summed E-state index contributed by atoms with van der Waals surface area (Å²) in [6.07, 6.45) is 0.800. The van der Waals surface area contributed by atoms with Crippen LogP contribution in [0.25, 0.3) is 11.0 Å². The molecule has 0 spiro atoms. The van der Waals surface area contributed by atoms with Crippen molar-refractivity contribution in [3.63, 3.8) is 0 Å². The topological polar surface area (TPSA) is 29.9 Å². The van der Waals surface area contributed by atoms with E-state index in [4.69, 9.17) is 17.0 Å². The first-order valence-electron chi connectivity index (χ1n) is 6.41. The molecule has 0 bridgehead atoms. The van der Waals surface area contributed by atoms with Crippen molar-refractivity contribution >= 4 is 23.3 Å². The molecule has 0 aliphatic rings. The summed E-state index contributed by atoms with van der Waals surface area (Å²) in [6.45, 7) is 5.20. The number of aromatic nitrogens is 2. The number of ether oxygens (including phenoxy) is 1. The summed E-state index contributed by atoms with van der Waals surface area (Å²) in [7, 11) is 1.64. The van der Waals surface area contributed by atoms with E-state index in [0.717, 1.165) is 12.5 Å². The minimum absolute atomic E-state index is 0.137. The van der Waals surface area contributed by atoms with Crippen molar-refractivity contribution in [3.05, 3.63) is 28.5 Å². The predicted molar refractivity (Wildman–Crippen MR) is 77.3 cm³/mol. The highest BCUT2D eigenvalue weighted by Gasteiger charge is 2.22. The number of halogens is 2. The van der Waals surface area contributed by atoms with Crippen molar-refractivity contribution in [1.82, 2.24) is 9.55 Å². The second kappa shape index (κ2) is 5.61. The van der Waals surface area contributed by atoms with Crippen LogP contribution in [0, 0.1) is 21.8 Å². The number of hydrogen-bond acceptors (Lipinski definition) is 2. The van der Waals surface area contributed by atoms with E-state index in [1.54, 1.807) is 11.7 Å². The van der Waals surface area contributed by atoms with Crippen molar-refractivity contribution in [2.45, 2.75) is 26.8 Å². The molecule has 0 unspecified atom stereocenters. The number of hydrogen-bond donors (Lipinski definition) is 1. The molecular weight excluding hydrogens is 282 g/mol. The number of fused-ring (bicyclic) bond motifs is 1. The van der Waals surface area contributed by atoms with Gasteiger partial charge in [-0.15, -0.1) is 0 Å². The molecule has 6 heteroatoms. The van der Waals surface area contributed by atoms with Gasteiger partial charge in [-0.1, -0.05) is 13.8 Å². The molecule has 2 rings (SSSR count). The number of nitrogens with one attached hydrogen (secondary N) is 1. The summed E-state index contributed by atoms with van der Waals surface area (Å²) in [5.74, 6) is -1.73. The number of rotatable bonds is 5. The van der Waals surface area contributed by atoms with Crippen LogP contribution in [0.1, 0.15) is 20.3 Å². The van der Waals surface area contributed by atoms with Gasteiger partial charge in [0.1, 0.15) is 5.52 Å². The van der Waals surface area contributed by atoms with Gasteiger partial charge in [-0.25, -0.2) is 8.78 Å². The largest absolute Gasteiger partial charge is 0.385 e. The number of H-pyrrole nitrogens is 1. The van der Waals surface area contributed by atoms with E-state index in [1.165, 1.54) is 6.07 Å². The Hall–Kier alpha value is -1.27. The van der Waals surface area contributed by atoms with Crippen LogP contribution in [-0.4, -0.2) is 23.3 Å². The van der Waals surface area contributed by atoms with Crippen LogP contribution in [0.3, 0.4) is 0 Å². The molecule has 110 valence electrons. The second-order valence-corrected chi connectivity index (χ2v) is 6.07. The Kier molecular flexibility index (Phi) is 4.25. The molecular formula is C14H18F2N2OS. The van der Waals surface area contributed by atoms with Gasteiger partial charge in [0, 0.05) is 20.3 Å². The summed E-state index contributed by atoms with van der Waals surface area (Å²) in [6, 6.07) is 2.60. The third kappa shape index (κ3) is 2.91. The second-order valence-electron chi connectivity index (χ2n) is 5.68. The molecule has 1 aromatic carbocycles. The summed E-state index contributed by atoms with van der Waals surface area (Å²) >= 11 is 5.22. The molecule has 1 heterocycles. The molecule has 0 fully saturated rings. The van der Waals surface area contributed by atoms with Crippen molar-refractivity contribution in [2.24, 2.45) is 5.41 Å². The zero-order valence-corrected chi connectivity index (χ0v) is 12.6. The maximum Gasteiger partial charge on any atom is 0.184 e. The predicted octanol–water partition coefficient (Wildman–Crippen LogP) is 4.04. The number of imidazole rings is 1. The van der Waals surface area contributed by atoms with Crippen LogP contribution in [-0.2, 0) is 11.3 Å². The van der Waals surface area contributed by atoms with Crippen molar-refractivity contribution in [2.75, 3.05) is 13.7 Å². The maximum atomic E-state index is 14.0. The fraction of sp³-hybridized carbons (Fsp3) is 0.500. The summed E-state index contributed by atoms with van der Waals surface area (Å²) in [5, 5.41) is 0. The van der Waals surface area contributed by atoms with Gasteiger partial charge in [-0.3, -0.25) is 0 Å². The standard InChI is InChI=1S/C14H18F2N2OS/c1-14(2,6-7-19-3)8-18-12-10(17-13(18)20)5-4-9(15)11(12)16/h4-5H,6-8H2,1-3H3,(H,17,20). The Labute approximate surface area is 121 Å². The minimum atomic E-state index is -0.866. The highest BCUT2D eigenvalue weighted by molar-refractivity contribution is 7.71. The number of nitrogens with zero attached hydrogens (tertiary/aromatic N) is 1. The smallest absolute Gasteiger partial charge is 0.184 e. The molecule has 1 N–H and O–H groups in total. The number of aromatic amines is 1. The first-order valence-corrected chi connectivity index (χ1v) is 6.82. The van der Waals surface area contributed by atoms with E-state index in [1.807, 2.05) is 13.8 Å². The molecule has 3 nitrogen and oxygen atoms in total. The van der Waals surface area contributed by atoms with Gasteiger partial charge in [0.15, 0.2) is 16.4 Å². The Bertz CT molecular complexity index is 676. The fourth-order valence-corrected chi connectivity index (χ4v) is 2.49. The molecule has 20 heavy (non-hydrogen) atoms. The van der Waals surface area contributed by atoms with Crippen LogP contribution in [0.5, 0.6) is 0 Å². The molecule has 0 aliphatic heterocycles. The quantitative estimate of drug-likeness (QED) is 0.845. The lowest BCUT2D eigenvalue weighted by atomic mass is 9.89. The molecule has 1 aromatic heterocycles. The molecule has 0 saturated carbocycles. The Balaban J connectivity index is 2.46. The lowest BCUT2D eigenvalue weighted by molar-refractivity contribution is 0.143. The molecule has 2 aromatic rings. The van der Waals surface area contributed by atoms with E-state index < -0.39 is 11.6 Å². The molecule has 0 aliphatic carbocycles. The van der Waals surface area contributed by atoms with Crippen molar-refractivity contribution in [3.8, 4) is 0 Å². The normalized spacial score (nSPS) is 12.2. The number of methoxy groups -OCH3 is 1. The SMILES string of the molecule is COCCC(C)(C)Cn1c(=S)[nH]c2ccc(F)c(F)c21. The van der Waals surface area contributed by atoms with Crippen molar-refractivity contribution < 1.29 is 13.5 Å². The van der Waals surface area contributed by atoms with Gasteiger partial charge in [0.05, 0.1) is 5.52 Å². The van der Waals surface area contributed by atoms with Gasteiger partial charge in [0.2, 0.25) is 0 Å². The first-order chi connectivity index (χ1) is 9.35. The number of benzene rings is 1. The van der Waals surface area contributed by atoms with Gasteiger partial charge in [0.25, 0.3) is 0 Å². The van der Waals surface area contributed by atoms with Gasteiger partial charge < -0.3 is 14.3 Å². The fourth-order valence-electron chi connectivity index (χ4n) is 2.23. The van der Waals surface area contributed by atoms with Gasteiger partial charge in [-0.2, -0.15) is 0 Å². The van der Waals surface area contributed by atoms with E-state index >= 15 is 0 Å². The molecule has 0 saturated heterocycles. The van der Waals surface area contributed by atoms with Crippen LogP contribution in [0.2, 0.25) is 0 Å². The van der Waals surface area contributed by atoms with Crippen LogP contribution >= 0.6 is 12.2 Å². The minimum Gasteiger partial charge on any atom is -0.385 e. The Morgan fingerprint density at radius 3 is 2.70 bits per heavy atom. The summed E-state index contributed by atoms with van der Waals surface area (Å²) < 4.78 is 34.5. The van der Waals surface area contributed by atoms with Crippen molar-refractivity contribution in [1.29, 1.82) is 0 Å².